The number of aromatic nitrogens is 2. The van der Waals surface area contributed by atoms with Crippen LogP contribution in [0.4, 0.5) is 11.8 Å². The first-order valence-electron chi connectivity index (χ1n) is 7.90. The molecule has 8 nitrogen and oxygen atoms in total. The molecule has 1 aromatic carbocycles. The SMILES string of the molecule is COc1cc(Cc2cnc(NCOCCCl)nc2N)cc(OC)c1OC.Cl. The van der Waals surface area contributed by atoms with Gasteiger partial charge in [-0.1, -0.05) is 0 Å². The van der Waals surface area contributed by atoms with Crippen LogP contribution in [-0.2, 0) is 11.2 Å². The van der Waals surface area contributed by atoms with E-state index in [1.807, 2.05) is 12.1 Å². The molecule has 10 heteroatoms. The molecular formula is C17H24Cl2N4O4. The lowest BCUT2D eigenvalue weighted by Crippen LogP contribution is -2.12. The fourth-order valence-corrected chi connectivity index (χ4v) is 2.45. The van der Waals surface area contributed by atoms with Crippen molar-refractivity contribution in [2.45, 2.75) is 6.42 Å². The first-order chi connectivity index (χ1) is 12.6. The lowest BCUT2D eigenvalue weighted by molar-refractivity contribution is 0.168. The standard InChI is InChI=1S/C17H23ClN4O4.ClH/c1-23-13-7-11(8-14(24-2)15(13)25-3)6-12-9-20-17(22-16(12)19)21-10-26-5-4-18;/h7-9H,4-6,10H2,1-3H3,(H3,19,20,21,22);1H. The van der Waals surface area contributed by atoms with E-state index in [-0.39, 0.29) is 19.1 Å². The second-order valence-electron chi connectivity index (χ2n) is 5.23. The van der Waals surface area contributed by atoms with Gasteiger partial charge in [-0.05, 0) is 17.7 Å². The summed E-state index contributed by atoms with van der Waals surface area (Å²) in [6.07, 6.45) is 2.20. The maximum Gasteiger partial charge on any atom is 0.226 e. The van der Waals surface area contributed by atoms with Crippen LogP contribution >= 0.6 is 24.0 Å². The minimum Gasteiger partial charge on any atom is -0.493 e. The molecule has 150 valence electrons. The van der Waals surface area contributed by atoms with Crippen molar-refractivity contribution in [1.29, 1.82) is 0 Å². The molecule has 0 unspecified atom stereocenters. The van der Waals surface area contributed by atoms with Gasteiger partial charge in [-0.25, -0.2) is 4.98 Å². The van der Waals surface area contributed by atoms with Crippen molar-refractivity contribution < 1.29 is 18.9 Å². The number of nitrogens with one attached hydrogen (secondary N) is 1. The Bertz CT molecular complexity index is 709. The van der Waals surface area contributed by atoms with Crippen LogP contribution in [0.15, 0.2) is 18.3 Å². The lowest BCUT2D eigenvalue weighted by Gasteiger charge is -2.14. The van der Waals surface area contributed by atoms with Gasteiger partial charge in [-0.2, -0.15) is 4.98 Å². The summed E-state index contributed by atoms with van der Waals surface area (Å²) in [4.78, 5) is 8.49. The van der Waals surface area contributed by atoms with E-state index in [1.165, 1.54) is 0 Å². The van der Waals surface area contributed by atoms with Gasteiger partial charge in [-0.3, -0.25) is 0 Å². The summed E-state index contributed by atoms with van der Waals surface area (Å²) in [5, 5.41) is 2.92. The number of methoxy groups -OCH3 is 3. The third-order valence-electron chi connectivity index (χ3n) is 3.57. The van der Waals surface area contributed by atoms with E-state index in [0.29, 0.717) is 47.9 Å². The predicted molar refractivity (Wildman–Crippen MR) is 108 cm³/mol. The number of rotatable bonds is 10. The summed E-state index contributed by atoms with van der Waals surface area (Å²) in [6, 6.07) is 3.74. The van der Waals surface area contributed by atoms with E-state index in [1.54, 1.807) is 27.5 Å². The van der Waals surface area contributed by atoms with Gasteiger partial charge in [-0.15, -0.1) is 24.0 Å². The second kappa shape index (κ2) is 11.5. The number of nitrogen functional groups attached to an aromatic ring is 1. The Morgan fingerprint density at radius 1 is 1.11 bits per heavy atom. The maximum atomic E-state index is 6.06. The van der Waals surface area contributed by atoms with Gasteiger partial charge in [0.1, 0.15) is 12.5 Å². The zero-order chi connectivity index (χ0) is 18.9. The van der Waals surface area contributed by atoms with E-state index in [2.05, 4.69) is 15.3 Å². The van der Waals surface area contributed by atoms with Gasteiger partial charge < -0.3 is 30.0 Å². The Morgan fingerprint density at radius 3 is 2.30 bits per heavy atom. The molecule has 0 aliphatic heterocycles. The molecule has 0 saturated heterocycles. The Hall–Kier alpha value is -2.16. The Morgan fingerprint density at radius 2 is 1.78 bits per heavy atom. The molecule has 3 N–H and O–H groups in total. The van der Waals surface area contributed by atoms with Crippen molar-refractivity contribution in [3.8, 4) is 17.2 Å². The molecule has 0 atom stereocenters. The van der Waals surface area contributed by atoms with E-state index in [9.17, 15) is 0 Å². The quantitative estimate of drug-likeness (QED) is 0.345. The van der Waals surface area contributed by atoms with Crippen LogP contribution in [0.5, 0.6) is 17.2 Å². The molecule has 1 heterocycles. The number of hydrogen-bond acceptors (Lipinski definition) is 8. The topological polar surface area (TPSA) is 101 Å². The van der Waals surface area contributed by atoms with Gasteiger partial charge in [0.2, 0.25) is 11.7 Å². The number of alkyl halides is 1. The van der Waals surface area contributed by atoms with Crippen LogP contribution in [0.2, 0.25) is 0 Å². The first-order valence-corrected chi connectivity index (χ1v) is 8.44. The lowest BCUT2D eigenvalue weighted by atomic mass is 10.1. The Balaban J connectivity index is 0.00000364. The zero-order valence-electron chi connectivity index (χ0n) is 15.5. The van der Waals surface area contributed by atoms with E-state index >= 15 is 0 Å². The second-order valence-corrected chi connectivity index (χ2v) is 5.61. The van der Waals surface area contributed by atoms with Crippen molar-refractivity contribution in [2.75, 3.05) is 51.6 Å². The van der Waals surface area contributed by atoms with Crippen LogP contribution in [0, 0.1) is 0 Å². The Kier molecular flexibility index (Phi) is 9.77. The van der Waals surface area contributed by atoms with Gasteiger partial charge in [0.15, 0.2) is 11.5 Å². The van der Waals surface area contributed by atoms with Crippen LogP contribution in [-0.4, -0.2) is 50.5 Å². The maximum absolute atomic E-state index is 6.06. The number of ether oxygens (including phenoxy) is 4. The van der Waals surface area contributed by atoms with Crippen LogP contribution < -0.4 is 25.3 Å². The normalized spacial score (nSPS) is 10.1. The van der Waals surface area contributed by atoms with Crippen LogP contribution in [0.25, 0.3) is 0 Å². The van der Waals surface area contributed by atoms with Crippen molar-refractivity contribution in [2.24, 2.45) is 0 Å². The first kappa shape index (κ1) is 22.9. The van der Waals surface area contributed by atoms with E-state index in [0.717, 1.165) is 11.1 Å². The summed E-state index contributed by atoms with van der Waals surface area (Å²) < 4.78 is 21.3. The Labute approximate surface area is 169 Å². The zero-order valence-corrected chi connectivity index (χ0v) is 17.0. The average Bonchev–Trinajstić information content (AvgIpc) is 2.66. The minimum absolute atomic E-state index is 0. The van der Waals surface area contributed by atoms with E-state index in [4.69, 9.17) is 36.3 Å². The summed E-state index contributed by atoms with van der Waals surface area (Å²) in [6.45, 7) is 0.710. The van der Waals surface area contributed by atoms with Crippen molar-refractivity contribution in [3.63, 3.8) is 0 Å². The number of hydrogen-bond donors (Lipinski definition) is 2. The highest BCUT2D eigenvalue weighted by Gasteiger charge is 2.14. The molecule has 27 heavy (non-hydrogen) atoms. The molecular weight excluding hydrogens is 395 g/mol. The summed E-state index contributed by atoms with van der Waals surface area (Å²) in [5.41, 5.74) is 7.77. The van der Waals surface area contributed by atoms with Gasteiger partial charge >= 0.3 is 0 Å². The number of nitrogens with two attached hydrogens (primary N) is 1. The number of halogens is 2. The highest BCUT2D eigenvalue weighted by molar-refractivity contribution is 6.17. The molecule has 0 fully saturated rings. The largest absolute Gasteiger partial charge is 0.493 e. The average molecular weight is 419 g/mol. The highest BCUT2D eigenvalue weighted by atomic mass is 35.5. The fourth-order valence-electron chi connectivity index (χ4n) is 2.34. The molecule has 2 aromatic rings. The number of benzene rings is 1. The monoisotopic (exact) mass is 418 g/mol. The van der Waals surface area contributed by atoms with Gasteiger partial charge in [0.25, 0.3) is 0 Å². The molecule has 0 spiro atoms. The fraction of sp³-hybridized carbons (Fsp3) is 0.412. The molecule has 0 amide bonds. The van der Waals surface area contributed by atoms with Gasteiger partial charge in [0.05, 0.1) is 27.9 Å². The predicted octanol–water partition coefficient (Wildman–Crippen LogP) is 2.72. The molecule has 0 aliphatic rings. The molecule has 1 aromatic heterocycles. The van der Waals surface area contributed by atoms with Crippen molar-refractivity contribution in [1.82, 2.24) is 9.97 Å². The van der Waals surface area contributed by atoms with E-state index < -0.39 is 0 Å². The highest BCUT2D eigenvalue weighted by Crippen LogP contribution is 2.38. The van der Waals surface area contributed by atoms with Gasteiger partial charge in [0, 0.05) is 24.1 Å². The van der Waals surface area contributed by atoms with Crippen LogP contribution in [0.3, 0.4) is 0 Å². The third kappa shape index (κ3) is 6.20. The molecule has 2 rings (SSSR count). The summed E-state index contributed by atoms with van der Waals surface area (Å²) in [7, 11) is 4.71. The van der Waals surface area contributed by atoms with Crippen molar-refractivity contribution in [3.05, 3.63) is 29.5 Å². The molecule has 0 radical (unpaired) electrons. The minimum atomic E-state index is 0. The summed E-state index contributed by atoms with van der Waals surface area (Å²) in [5.74, 6) is 2.91. The molecule has 0 bridgehead atoms. The summed E-state index contributed by atoms with van der Waals surface area (Å²) >= 11 is 5.54. The molecule has 0 saturated carbocycles. The molecule has 0 aliphatic carbocycles. The number of nitrogens with zero attached hydrogens (tertiary/aromatic N) is 2. The van der Waals surface area contributed by atoms with Crippen molar-refractivity contribution >= 4 is 35.8 Å². The van der Waals surface area contributed by atoms with Crippen LogP contribution in [0.1, 0.15) is 11.1 Å². The smallest absolute Gasteiger partial charge is 0.226 e. The third-order valence-corrected chi connectivity index (χ3v) is 3.73. The number of anilines is 2.